The van der Waals surface area contributed by atoms with E-state index in [9.17, 15) is 10.1 Å². The molecule has 0 atom stereocenters. The number of thiophene rings is 1. The van der Waals surface area contributed by atoms with Crippen molar-refractivity contribution in [2.24, 2.45) is 0 Å². The van der Waals surface area contributed by atoms with Crippen LogP contribution in [0.4, 0.5) is 5.69 Å². The largest absolute Gasteiger partial charge is 0.270 e. The molecule has 0 unspecified atom stereocenters. The third-order valence-corrected chi connectivity index (χ3v) is 4.75. The van der Waals surface area contributed by atoms with E-state index in [1.807, 2.05) is 53.9 Å². The Kier molecular flexibility index (Phi) is 4.79. The molecule has 0 saturated carbocycles. The van der Waals surface area contributed by atoms with Crippen LogP contribution in [0.15, 0.2) is 72.1 Å². The van der Waals surface area contributed by atoms with Gasteiger partial charge < -0.3 is 0 Å². The Bertz CT molecular complexity index is 1030. The van der Waals surface area contributed by atoms with E-state index in [0.29, 0.717) is 0 Å². The van der Waals surface area contributed by atoms with E-state index < -0.39 is 0 Å². The summed E-state index contributed by atoms with van der Waals surface area (Å²) in [5.41, 5.74) is 3.68. The van der Waals surface area contributed by atoms with Crippen LogP contribution in [0.5, 0.6) is 0 Å². The molecule has 0 radical (unpaired) electrons. The number of nitrogens with zero attached hydrogens (tertiary/aromatic N) is 2. The molecular formula is C19H13ClN2O2S. The number of fused-ring (bicyclic) bond motifs is 1. The van der Waals surface area contributed by atoms with E-state index in [-0.39, 0.29) is 23.0 Å². The Morgan fingerprint density at radius 3 is 2.44 bits per heavy atom. The van der Waals surface area contributed by atoms with Crippen molar-refractivity contribution in [1.29, 1.82) is 0 Å². The van der Waals surface area contributed by atoms with Crippen molar-refractivity contribution < 1.29 is 4.92 Å². The fourth-order valence-electron chi connectivity index (χ4n) is 2.73. The fourth-order valence-corrected chi connectivity index (χ4v) is 3.42. The highest BCUT2D eigenvalue weighted by molar-refractivity contribution is 7.13. The van der Waals surface area contributed by atoms with E-state index in [1.165, 1.54) is 6.07 Å². The lowest BCUT2D eigenvalue weighted by molar-refractivity contribution is -0.384. The normalized spacial score (nSPS) is 10.4. The highest BCUT2D eigenvalue weighted by Crippen LogP contribution is 2.34. The Morgan fingerprint density at radius 1 is 0.960 bits per heavy atom. The van der Waals surface area contributed by atoms with Crippen LogP contribution in [0, 0.1) is 10.1 Å². The summed E-state index contributed by atoms with van der Waals surface area (Å²) in [7, 11) is 0. The number of benzene rings is 2. The van der Waals surface area contributed by atoms with Crippen molar-refractivity contribution >= 4 is 40.3 Å². The number of hydrogen-bond donors (Lipinski definition) is 0. The molecule has 4 nitrogen and oxygen atoms in total. The second-order valence-electron chi connectivity index (χ2n) is 5.36. The van der Waals surface area contributed by atoms with Crippen LogP contribution in [-0.2, 0) is 0 Å². The van der Waals surface area contributed by atoms with Crippen molar-refractivity contribution in [3.05, 3.63) is 82.2 Å². The Hall–Kier alpha value is -2.76. The van der Waals surface area contributed by atoms with Crippen LogP contribution < -0.4 is 0 Å². The van der Waals surface area contributed by atoms with Crippen molar-refractivity contribution in [3.63, 3.8) is 0 Å². The molecule has 0 amide bonds. The molecule has 0 aliphatic rings. The highest BCUT2D eigenvalue weighted by atomic mass is 35.5. The van der Waals surface area contributed by atoms with E-state index in [1.54, 1.807) is 23.5 Å². The lowest BCUT2D eigenvalue weighted by atomic mass is 9.99. The zero-order valence-electron chi connectivity index (χ0n) is 13.0. The molecule has 0 aliphatic carbocycles. The summed E-state index contributed by atoms with van der Waals surface area (Å²) in [4.78, 5) is 16.5. The quantitative estimate of drug-likeness (QED) is 0.331. The number of aromatic nitrogens is 1. The standard InChI is InChI=1S/C19H12N2O2S.ClH/c22-21(23)14-8-9-17-16(11-14)15(13-5-2-1-3-6-13)12-18(20-17)19-7-4-10-24-19;/h1-12H;1H. The van der Waals surface area contributed by atoms with Gasteiger partial charge in [0, 0.05) is 17.5 Å². The van der Waals surface area contributed by atoms with Gasteiger partial charge in [-0.3, -0.25) is 10.1 Å². The Balaban J connectivity index is 0.00000182. The zero-order chi connectivity index (χ0) is 16.5. The van der Waals surface area contributed by atoms with Crippen LogP contribution in [-0.4, -0.2) is 9.91 Å². The number of non-ortho nitro benzene ring substituents is 1. The summed E-state index contributed by atoms with van der Waals surface area (Å²) in [5.74, 6) is 0. The molecule has 0 spiro atoms. The molecule has 4 rings (SSSR count). The zero-order valence-corrected chi connectivity index (χ0v) is 14.6. The van der Waals surface area contributed by atoms with Gasteiger partial charge in [-0.05, 0) is 34.7 Å². The number of nitro groups is 1. The van der Waals surface area contributed by atoms with E-state index in [0.717, 1.165) is 32.6 Å². The molecule has 0 aliphatic heterocycles. The van der Waals surface area contributed by atoms with Gasteiger partial charge in [-0.25, -0.2) is 4.98 Å². The molecule has 2 aromatic carbocycles. The molecule has 124 valence electrons. The first-order valence-electron chi connectivity index (χ1n) is 7.41. The van der Waals surface area contributed by atoms with Gasteiger partial charge in [0.1, 0.15) is 0 Å². The Morgan fingerprint density at radius 2 is 1.76 bits per heavy atom. The second kappa shape index (κ2) is 7.01. The lowest BCUT2D eigenvalue weighted by Gasteiger charge is -2.09. The maximum atomic E-state index is 11.1. The first-order chi connectivity index (χ1) is 11.7. The Labute approximate surface area is 154 Å². The number of hydrogen-bond acceptors (Lipinski definition) is 4. The van der Waals surface area contributed by atoms with Crippen LogP contribution >= 0.6 is 23.7 Å². The maximum absolute atomic E-state index is 11.1. The monoisotopic (exact) mass is 368 g/mol. The van der Waals surface area contributed by atoms with Gasteiger partial charge in [0.25, 0.3) is 5.69 Å². The molecule has 0 bridgehead atoms. The molecule has 0 saturated heterocycles. The van der Waals surface area contributed by atoms with E-state index in [4.69, 9.17) is 4.98 Å². The highest BCUT2D eigenvalue weighted by Gasteiger charge is 2.14. The summed E-state index contributed by atoms with van der Waals surface area (Å²) in [6, 6.07) is 20.7. The lowest BCUT2D eigenvalue weighted by Crippen LogP contribution is -1.92. The number of pyridine rings is 1. The molecule has 2 heterocycles. The number of halogens is 1. The van der Waals surface area contributed by atoms with E-state index in [2.05, 4.69) is 0 Å². The van der Waals surface area contributed by atoms with Crippen LogP contribution in [0.2, 0.25) is 0 Å². The maximum Gasteiger partial charge on any atom is 0.270 e. The van der Waals surface area contributed by atoms with Crippen molar-refractivity contribution in [3.8, 4) is 21.7 Å². The first-order valence-corrected chi connectivity index (χ1v) is 8.29. The van der Waals surface area contributed by atoms with Gasteiger partial charge in [-0.2, -0.15) is 0 Å². The van der Waals surface area contributed by atoms with Crippen molar-refractivity contribution in [2.75, 3.05) is 0 Å². The fraction of sp³-hybridized carbons (Fsp3) is 0. The summed E-state index contributed by atoms with van der Waals surface area (Å²) in [6.45, 7) is 0. The van der Waals surface area contributed by atoms with Gasteiger partial charge in [0.05, 0.1) is 21.0 Å². The topological polar surface area (TPSA) is 56.0 Å². The van der Waals surface area contributed by atoms with Crippen molar-refractivity contribution in [2.45, 2.75) is 0 Å². The van der Waals surface area contributed by atoms with Gasteiger partial charge in [-0.1, -0.05) is 36.4 Å². The molecule has 6 heteroatoms. The predicted molar refractivity (Wildman–Crippen MR) is 104 cm³/mol. The SMILES string of the molecule is Cl.O=[N+]([O-])c1ccc2nc(-c3cccs3)cc(-c3ccccc3)c2c1. The summed E-state index contributed by atoms with van der Waals surface area (Å²) in [5, 5.41) is 13.9. The molecule has 2 aromatic heterocycles. The molecule has 25 heavy (non-hydrogen) atoms. The first kappa shape index (κ1) is 17.1. The summed E-state index contributed by atoms with van der Waals surface area (Å²) in [6.07, 6.45) is 0. The van der Waals surface area contributed by atoms with Gasteiger partial charge in [-0.15, -0.1) is 23.7 Å². The van der Waals surface area contributed by atoms with Gasteiger partial charge in [0.15, 0.2) is 0 Å². The molecule has 0 fully saturated rings. The van der Waals surface area contributed by atoms with Crippen molar-refractivity contribution in [1.82, 2.24) is 4.98 Å². The second-order valence-corrected chi connectivity index (χ2v) is 6.30. The van der Waals surface area contributed by atoms with Gasteiger partial charge in [0.2, 0.25) is 0 Å². The predicted octanol–water partition coefficient (Wildman–Crippen LogP) is 5.96. The van der Waals surface area contributed by atoms with E-state index >= 15 is 0 Å². The van der Waals surface area contributed by atoms with Crippen LogP contribution in [0.3, 0.4) is 0 Å². The minimum absolute atomic E-state index is 0. The number of rotatable bonds is 3. The summed E-state index contributed by atoms with van der Waals surface area (Å²) < 4.78 is 0. The van der Waals surface area contributed by atoms with Crippen LogP contribution in [0.25, 0.3) is 32.6 Å². The average Bonchev–Trinajstić information content (AvgIpc) is 3.15. The summed E-state index contributed by atoms with van der Waals surface area (Å²) >= 11 is 1.63. The average molecular weight is 369 g/mol. The third-order valence-electron chi connectivity index (χ3n) is 3.86. The third kappa shape index (κ3) is 3.24. The number of nitro benzene ring substituents is 1. The molecule has 0 N–H and O–H groups in total. The minimum atomic E-state index is -0.374. The molecular weight excluding hydrogens is 356 g/mol. The smallest absolute Gasteiger partial charge is 0.258 e. The van der Waals surface area contributed by atoms with Crippen LogP contribution in [0.1, 0.15) is 0 Å². The van der Waals surface area contributed by atoms with Gasteiger partial charge >= 0.3 is 0 Å². The minimum Gasteiger partial charge on any atom is -0.258 e. The molecule has 4 aromatic rings.